The Balaban J connectivity index is 2.32. The van der Waals surface area contributed by atoms with Crippen LogP contribution in [0.25, 0.3) is 0 Å². The van der Waals surface area contributed by atoms with E-state index in [1.54, 1.807) is 18.2 Å². The molecule has 0 amide bonds. The van der Waals surface area contributed by atoms with Crippen LogP contribution in [0.2, 0.25) is 5.02 Å². The molecule has 2 aromatic carbocycles. The third-order valence-corrected chi connectivity index (χ3v) is 4.07. The highest BCUT2D eigenvalue weighted by Gasteiger charge is 2.17. The molecule has 2 rings (SSSR count). The topological polar surface area (TPSA) is 12.0 Å². The molecule has 0 saturated heterocycles. The van der Waals surface area contributed by atoms with Crippen LogP contribution >= 0.6 is 27.5 Å². The summed E-state index contributed by atoms with van der Waals surface area (Å²) >= 11 is 9.42. The Morgan fingerprint density at radius 1 is 1.19 bits per heavy atom. The lowest BCUT2D eigenvalue weighted by Crippen LogP contribution is -2.24. The summed E-state index contributed by atoms with van der Waals surface area (Å²) in [4.78, 5) is 0. The SMILES string of the molecule is CCNC(Cc1ccc(F)cc1Cl)c1cc(Br)ccc1F. The van der Waals surface area contributed by atoms with E-state index >= 15 is 0 Å². The van der Waals surface area contributed by atoms with E-state index in [0.717, 1.165) is 10.0 Å². The summed E-state index contributed by atoms with van der Waals surface area (Å²) in [6.45, 7) is 2.64. The molecule has 1 atom stereocenters. The number of benzene rings is 2. The highest BCUT2D eigenvalue weighted by Crippen LogP contribution is 2.27. The van der Waals surface area contributed by atoms with Crippen LogP contribution in [0.3, 0.4) is 0 Å². The van der Waals surface area contributed by atoms with Gasteiger partial charge >= 0.3 is 0 Å². The van der Waals surface area contributed by atoms with E-state index in [4.69, 9.17) is 11.6 Å². The van der Waals surface area contributed by atoms with Gasteiger partial charge in [-0.25, -0.2) is 8.78 Å². The minimum atomic E-state index is -0.377. The molecule has 0 radical (unpaired) electrons. The van der Waals surface area contributed by atoms with E-state index in [-0.39, 0.29) is 17.7 Å². The molecule has 5 heteroatoms. The molecule has 0 heterocycles. The van der Waals surface area contributed by atoms with Crippen LogP contribution in [0.4, 0.5) is 8.78 Å². The Hall–Kier alpha value is -0.970. The van der Waals surface area contributed by atoms with Crippen molar-refractivity contribution >= 4 is 27.5 Å². The van der Waals surface area contributed by atoms with Crippen LogP contribution < -0.4 is 5.32 Å². The molecule has 0 aliphatic heterocycles. The zero-order valence-electron chi connectivity index (χ0n) is 11.5. The first kappa shape index (κ1) is 16.4. The number of hydrogen-bond donors (Lipinski definition) is 1. The van der Waals surface area contributed by atoms with Crippen LogP contribution in [0, 0.1) is 11.6 Å². The molecule has 0 aromatic heterocycles. The van der Waals surface area contributed by atoms with Crippen molar-refractivity contribution in [3.63, 3.8) is 0 Å². The molecule has 0 fully saturated rings. The first-order chi connectivity index (χ1) is 10.0. The molecular weight excluding hydrogens is 360 g/mol. The lowest BCUT2D eigenvalue weighted by Gasteiger charge is -2.20. The Morgan fingerprint density at radius 2 is 1.95 bits per heavy atom. The maximum atomic E-state index is 14.1. The van der Waals surface area contributed by atoms with E-state index in [1.165, 1.54) is 18.2 Å². The third-order valence-electron chi connectivity index (χ3n) is 3.22. The van der Waals surface area contributed by atoms with Gasteiger partial charge in [0.25, 0.3) is 0 Å². The van der Waals surface area contributed by atoms with E-state index in [0.29, 0.717) is 23.6 Å². The highest BCUT2D eigenvalue weighted by atomic mass is 79.9. The maximum Gasteiger partial charge on any atom is 0.128 e. The van der Waals surface area contributed by atoms with Gasteiger partial charge in [-0.05, 0) is 48.9 Å². The third kappa shape index (κ3) is 4.25. The molecule has 0 bridgehead atoms. The summed E-state index contributed by atoms with van der Waals surface area (Å²) < 4.78 is 28.0. The average molecular weight is 375 g/mol. The molecule has 0 aliphatic carbocycles. The van der Waals surface area contributed by atoms with E-state index in [9.17, 15) is 8.78 Å². The Bertz CT molecular complexity index is 634. The van der Waals surface area contributed by atoms with E-state index in [1.807, 2.05) is 6.92 Å². The van der Waals surface area contributed by atoms with Gasteiger partial charge in [-0.1, -0.05) is 40.5 Å². The molecule has 2 aromatic rings. The van der Waals surface area contributed by atoms with Crippen molar-refractivity contribution in [2.24, 2.45) is 0 Å². The quantitative estimate of drug-likeness (QED) is 0.751. The van der Waals surface area contributed by atoms with E-state index in [2.05, 4.69) is 21.2 Å². The fourth-order valence-corrected chi connectivity index (χ4v) is 2.85. The average Bonchev–Trinajstić information content (AvgIpc) is 2.44. The van der Waals surface area contributed by atoms with Crippen molar-refractivity contribution in [3.8, 4) is 0 Å². The first-order valence-electron chi connectivity index (χ1n) is 6.63. The molecule has 0 aliphatic rings. The molecule has 1 nitrogen and oxygen atoms in total. The summed E-state index contributed by atoms with van der Waals surface area (Å²) in [5, 5.41) is 3.60. The number of likely N-dealkylation sites (N-methyl/N-ethyl adjacent to an activating group) is 1. The summed E-state index contributed by atoms with van der Waals surface area (Å²) in [5.74, 6) is -0.653. The molecule has 1 N–H and O–H groups in total. The molecule has 21 heavy (non-hydrogen) atoms. The predicted octanol–water partition coefficient (Wildman–Crippen LogP) is 5.27. The van der Waals surface area contributed by atoms with Crippen molar-refractivity contribution in [3.05, 3.63) is 68.7 Å². The zero-order valence-corrected chi connectivity index (χ0v) is 13.8. The standard InChI is InChI=1S/C16H15BrClF2N/c1-2-21-16(13-8-11(17)4-6-15(13)20)7-10-3-5-12(19)9-14(10)18/h3-6,8-9,16,21H,2,7H2,1H3. The van der Waals surface area contributed by atoms with E-state index < -0.39 is 0 Å². The number of nitrogens with one attached hydrogen (secondary N) is 1. The van der Waals surface area contributed by atoms with Gasteiger partial charge in [0.2, 0.25) is 0 Å². The number of rotatable bonds is 5. The zero-order chi connectivity index (χ0) is 15.4. The van der Waals surface area contributed by atoms with Gasteiger partial charge in [0.1, 0.15) is 11.6 Å². The van der Waals surface area contributed by atoms with Crippen molar-refractivity contribution in [1.29, 1.82) is 0 Å². The summed E-state index contributed by atoms with van der Waals surface area (Å²) in [7, 11) is 0. The number of hydrogen-bond acceptors (Lipinski definition) is 1. The van der Waals surface area contributed by atoms with Crippen molar-refractivity contribution < 1.29 is 8.78 Å². The van der Waals surface area contributed by atoms with Gasteiger partial charge in [0.05, 0.1) is 0 Å². The molecular formula is C16H15BrClF2N. The smallest absolute Gasteiger partial charge is 0.128 e. The summed E-state index contributed by atoms with van der Waals surface area (Å²) in [5.41, 5.74) is 1.34. The Kier molecular flexibility index (Phi) is 5.73. The normalized spacial score (nSPS) is 12.4. The molecule has 0 spiro atoms. The lowest BCUT2D eigenvalue weighted by atomic mass is 9.98. The second-order valence-electron chi connectivity index (χ2n) is 4.72. The van der Waals surface area contributed by atoms with Crippen molar-refractivity contribution in [2.75, 3.05) is 6.54 Å². The minimum absolute atomic E-state index is 0.226. The van der Waals surface area contributed by atoms with Crippen LogP contribution in [0.1, 0.15) is 24.1 Å². The van der Waals surface area contributed by atoms with Gasteiger partial charge in [-0.2, -0.15) is 0 Å². The van der Waals surface area contributed by atoms with Crippen molar-refractivity contribution in [1.82, 2.24) is 5.32 Å². The van der Waals surface area contributed by atoms with Gasteiger partial charge in [-0.15, -0.1) is 0 Å². The summed E-state index contributed by atoms with van der Waals surface area (Å²) in [6.07, 6.45) is 0.486. The maximum absolute atomic E-state index is 14.1. The lowest BCUT2D eigenvalue weighted by molar-refractivity contribution is 0.509. The van der Waals surface area contributed by atoms with Crippen molar-refractivity contribution in [2.45, 2.75) is 19.4 Å². The van der Waals surface area contributed by atoms with Gasteiger partial charge in [-0.3, -0.25) is 0 Å². The highest BCUT2D eigenvalue weighted by molar-refractivity contribution is 9.10. The van der Waals surface area contributed by atoms with Crippen LogP contribution in [0.5, 0.6) is 0 Å². The Morgan fingerprint density at radius 3 is 2.62 bits per heavy atom. The molecule has 1 unspecified atom stereocenters. The van der Waals surface area contributed by atoms with Gasteiger partial charge in [0, 0.05) is 21.1 Å². The molecule has 112 valence electrons. The summed E-state index contributed by atoms with van der Waals surface area (Å²) in [6, 6.07) is 8.88. The number of halogens is 4. The molecule has 0 saturated carbocycles. The fourth-order valence-electron chi connectivity index (χ4n) is 2.23. The largest absolute Gasteiger partial charge is 0.310 e. The predicted molar refractivity (Wildman–Crippen MR) is 85.6 cm³/mol. The monoisotopic (exact) mass is 373 g/mol. The second kappa shape index (κ2) is 7.34. The minimum Gasteiger partial charge on any atom is -0.310 e. The van der Waals surface area contributed by atoms with Crippen LogP contribution in [0.15, 0.2) is 40.9 Å². The second-order valence-corrected chi connectivity index (χ2v) is 6.04. The first-order valence-corrected chi connectivity index (χ1v) is 7.80. The van der Waals surface area contributed by atoms with Crippen LogP contribution in [-0.4, -0.2) is 6.54 Å². The fraction of sp³-hybridized carbons (Fsp3) is 0.250. The van der Waals surface area contributed by atoms with Gasteiger partial charge in [0.15, 0.2) is 0 Å². The van der Waals surface area contributed by atoms with Crippen LogP contribution in [-0.2, 0) is 6.42 Å². The Labute approximate surface area is 136 Å². The van der Waals surface area contributed by atoms with Gasteiger partial charge < -0.3 is 5.32 Å².